The highest BCUT2D eigenvalue weighted by molar-refractivity contribution is 14.0. The standard InChI is InChI=1S/C22H25N3O3.HI/c1-3-14-26-18-10-8-17(9-11-18)12-13-24-22(23-2)25-15-19-16-27-20-6-4-5-7-21(20)28-19;/h1,4-11,19H,12-16H2,2H3,(H2,23,24,25);1H. The van der Waals surface area contributed by atoms with E-state index in [9.17, 15) is 0 Å². The molecule has 1 atom stereocenters. The van der Waals surface area contributed by atoms with E-state index in [4.69, 9.17) is 20.6 Å². The van der Waals surface area contributed by atoms with Crippen LogP contribution in [0, 0.1) is 12.3 Å². The number of fused-ring (bicyclic) bond motifs is 1. The van der Waals surface area contributed by atoms with Crippen molar-refractivity contribution >= 4 is 29.9 Å². The van der Waals surface area contributed by atoms with E-state index < -0.39 is 0 Å². The number of guanidine groups is 1. The lowest BCUT2D eigenvalue weighted by Gasteiger charge is -2.27. The van der Waals surface area contributed by atoms with E-state index in [0.717, 1.165) is 36.2 Å². The normalized spacial score (nSPS) is 14.9. The fourth-order valence-corrected chi connectivity index (χ4v) is 2.80. The molecule has 0 bridgehead atoms. The van der Waals surface area contributed by atoms with Crippen molar-refractivity contribution in [1.82, 2.24) is 10.6 Å². The molecule has 0 fully saturated rings. The zero-order valence-corrected chi connectivity index (χ0v) is 18.7. The molecule has 0 radical (unpaired) electrons. The predicted molar refractivity (Wildman–Crippen MR) is 126 cm³/mol. The zero-order chi connectivity index (χ0) is 19.6. The van der Waals surface area contributed by atoms with Gasteiger partial charge >= 0.3 is 0 Å². The summed E-state index contributed by atoms with van der Waals surface area (Å²) in [5, 5.41) is 6.59. The first-order chi connectivity index (χ1) is 13.8. The lowest BCUT2D eigenvalue weighted by Crippen LogP contribution is -2.45. The van der Waals surface area contributed by atoms with E-state index in [2.05, 4.69) is 21.5 Å². The summed E-state index contributed by atoms with van der Waals surface area (Å²) in [5.41, 5.74) is 1.21. The van der Waals surface area contributed by atoms with Gasteiger partial charge in [0.15, 0.2) is 17.5 Å². The Morgan fingerprint density at radius 3 is 2.66 bits per heavy atom. The molecule has 1 heterocycles. The molecule has 0 spiro atoms. The summed E-state index contributed by atoms with van der Waals surface area (Å²) in [7, 11) is 1.75. The Hall–Kier alpha value is -2.60. The smallest absolute Gasteiger partial charge is 0.191 e. The number of nitrogens with zero attached hydrogens (tertiary/aromatic N) is 1. The Kier molecular flexibility index (Phi) is 9.44. The van der Waals surface area contributed by atoms with Gasteiger partial charge in [-0.3, -0.25) is 4.99 Å². The highest BCUT2D eigenvalue weighted by atomic mass is 127. The third-order valence-electron chi connectivity index (χ3n) is 4.24. The molecule has 1 unspecified atom stereocenters. The minimum atomic E-state index is -0.0657. The second-order valence-corrected chi connectivity index (χ2v) is 6.26. The number of hydrogen-bond acceptors (Lipinski definition) is 4. The topological polar surface area (TPSA) is 64.1 Å². The van der Waals surface area contributed by atoms with Gasteiger partial charge in [0, 0.05) is 13.6 Å². The fourth-order valence-electron chi connectivity index (χ4n) is 2.80. The molecule has 0 saturated heterocycles. The molecular formula is C22H26IN3O3. The molecule has 1 aliphatic heterocycles. The molecule has 29 heavy (non-hydrogen) atoms. The number of aliphatic imine (C=N–C) groups is 1. The first-order valence-corrected chi connectivity index (χ1v) is 9.26. The number of rotatable bonds is 7. The molecular weight excluding hydrogens is 481 g/mol. The SMILES string of the molecule is C#CCOc1ccc(CCNC(=NC)NCC2COc3ccccc3O2)cc1.I. The van der Waals surface area contributed by atoms with Crippen LogP contribution in [0.25, 0.3) is 0 Å². The van der Waals surface area contributed by atoms with Crippen LogP contribution >= 0.6 is 24.0 Å². The fraction of sp³-hybridized carbons (Fsp3) is 0.318. The van der Waals surface area contributed by atoms with Crippen LogP contribution in [0.5, 0.6) is 17.2 Å². The molecule has 6 nitrogen and oxygen atoms in total. The summed E-state index contributed by atoms with van der Waals surface area (Å²) >= 11 is 0. The van der Waals surface area contributed by atoms with Crippen molar-refractivity contribution in [3.63, 3.8) is 0 Å². The monoisotopic (exact) mass is 507 g/mol. The number of terminal acetylenes is 1. The van der Waals surface area contributed by atoms with Gasteiger partial charge in [0.05, 0.1) is 6.54 Å². The van der Waals surface area contributed by atoms with E-state index in [1.807, 2.05) is 48.5 Å². The number of halogens is 1. The maximum atomic E-state index is 5.95. The summed E-state index contributed by atoms with van der Waals surface area (Å²) in [6, 6.07) is 15.6. The van der Waals surface area contributed by atoms with Gasteiger partial charge in [0.1, 0.15) is 25.1 Å². The van der Waals surface area contributed by atoms with Gasteiger partial charge in [-0.2, -0.15) is 0 Å². The van der Waals surface area contributed by atoms with Crippen LogP contribution in [0.4, 0.5) is 0 Å². The van der Waals surface area contributed by atoms with Crippen molar-refractivity contribution < 1.29 is 14.2 Å². The first kappa shape index (κ1) is 22.7. The highest BCUT2D eigenvalue weighted by Crippen LogP contribution is 2.30. The molecule has 2 aromatic rings. The van der Waals surface area contributed by atoms with Crippen molar-refractivity contribution in [2.75, 3.05) is 33.4 Å². The van der Waals surface area contributed by atoms with Gasteiger partial charge in [0.2, 0.25) is 0 Å². The molecule has 1 aliphatic rings. The Morgan fingerprint density at radius 2 is 1.93 bits per heavy atom. The minimum absolute atomic E-state index is 0. The Balaban J connectivity index is 0.00000300. The quantitative estimate of drug-likeness (QED) is 0.261. The summed E-state index contributed by atoms with van der Waals surface area (Å²) in [4.78, 5) is 4.26. The maximum absolute atomic E-state index is 5.95. The lowest BCUT2D eigenvalue weighted by molar-refractivity contribution is 0.0936. The molecule has 0 amide bonds. The van der Waals surface area contributed by atoms with Gasteiger partial charge in [-0.1, -0.05) is 30.2 Å². The van der Waals surface area contributed by atoms with Gasteiger partial charge in [-0.15, -0.1) is 30.4 Å². The third kappa shape index (κ3) is 7.06. The van der Waals surface area contributed by atoms with Crippen LogP contribution in [0.1, 0.15) is 5.56 Å². The zero-order valence-electron chi connectivity index (χ0n) is 16.4. The van der Waals surface area contributed by atoms with Crippen LogP contribution in [-0.2, 0) is 6.42 Å². The number of ether oxygens (including phenoxy) is 3. The minimum Gasteiger partial charge on any atom is -0.486 e. The maximum Gasteiger partial charge on any atom is 0.191 e. The van der Waals surface area contributed by atoms with Crippen molar-refractivity contribution in [2.24, 2.45) is 4.99 Å². The molecule has 0 saturated carbocycles. The van der Waals surface area contributed by atoms with Gasteiger partial charge in [-0.05, 0) is 36.2 Å². The third-order valence-corrected chi connectivity index (χ3v) is 4.24. The number of hydrogen-bond donors (Lipinski definition) is 2. The average molecular weight is 507 g/mol. The van der Waals surface area contributed by atoms with E-state index in [1.54, 1.807) is 7.05 Å². The van der Waals surface area contributed by atoms with E-state index >= 15 is 0 Å². The Morgan fingerprint density at radius 1 is 1.17 bits per heavy atom. The molecule has 2 aromatic carbocycles. The summed E-state index contributed by atoms with van der Waals surface area (Å²) in [6.07, 6.45) is 5.99. The van der Waals surface area contributed by atoms with Gasteiger partial charge < -0.3 is 24.8 Å². The largest absolute Gasteiger partial charge is 0.486 e. The van der Waals surface area contributed by atoms with E-state index in [-0.39, 0.29) is 36.7 Å². The van der Waals surface area contributed by atoms with Gasteiger partial charge in [0.25, 0.3) is 0 Å². The van der Waals surface area contributed by atoms with Crippen molar-refractivity contribution in [3.8, 4) is 29.6 Å². The van der Waals surface area contributed by atoms with Crippen LogP contribution in [-0.4, -0.2) is 45.4 Å². The molecule has 3 rings (SSSR count). The van der Waals surface area contributed by atoms with E-state index in [0.29, 0.717) is 13.2 Å². The molecule has 7 heteroatoms. The second kappa shape index (κ2) is 12.1. The van der Waals surface area contributed by atoms with Gasteiger partial charge in [-0.25, -0.2) is 0 Å². The van der Waals surface area contributed by atoms with Crippen molar-refractivity contribution in [2.45, 2.75) is 12.5 Å². The van der Waals surface area contributed by atoms with Crippen LogP contribution in [0.2, 0.25) is 0 Å². The Labute approximate surface area is 189 Å². The molecule has 0 aromatic heterocycles. The lowest BCUT2D eigenvalue weighted by atomic mass is 10.1. The van der Waals surface area contributed by atoms with Crippen LogP contribution < -0.4 is 24.8 Å². The molecule has 0 aliphatic carbocycles. The Bertz CT molecular complexity index is 834. The summed E-state index contributed by atoms with van der Waals surface area (Å²) < 4.78 is 17.1. The number of para-hydroxylation sites is 2. The summed E-state index contributed by atoms with van der Waals surface area (Å²) in [6.45, 7) is 2.16. The molecule has 154 valence electrons. The van der Waals surface area contributed by atoms with Crippen molar-refractivity contribution in [1.29, 1.82) is 0 Å². The first-order valence-electron chi connectivity index (χ1n) is 9.26. The van der Waals surface area contributed by atoms with Crippen LogP contribution in [0.15, 0.2) is 53.5 Å². The average Bonchev–Trinajstić information content (AvgIpc) is 2.75. The van der Waals surface area contributed by atoms with E-state index in [1.165, 1.54) is 5.56 Å². The second-order valence-electron chi connectivity index (χ2n) is 6.26. The number of nitrogens with one attached hydrogen (secondary N) is 2. The summed E-state index contributed by atoms with van der Waals surface area (Å²) in [5.74, 6) is 5.53. The van der Waals surface area contributed by atoms with Crippen molar-refractivity contribution in [3.05, 3.63) is 54.1 Å². The predicted octanol–water partition coefficient (Wildman–Crippen LogP) is 2.86. The number of benzene rings is 2. The van der Waals surface area contributed by atoms with Crippen LogP contribution in [0.3, 0.4) is 0 Å². The molecule has 2 N–H and O–H groups in total. The highest BCUT2D eigenvalue weighted by Gasteiger charge is 2.20.